The van der Waals surface area contributed by atoms with Crippen LogP contribution in [0.15, 0.2) is 83.8 Å². The highest BCUT2D eigenvalue weighted by Crippen LogP contribution is 2.24. The average Bonchev–Trinajstić information content (AvgIpc) is 2.78. The maximum absolute atomic E-state index is 13.3. The zero-order valence-corrected chi connectivity index (χ0v) is 18.6. The molecule has 0 unspecified atom stereocenters. The summed E-state index contributed by atoms with van der Waals surface area (Å²) in [6.45, 7) is 3.44. The van der Waals surface area contributed by atoms with Crippen LogP contribution in [-0.2, 0) is 14.8 Å². The van der Waals surface area contributed by atoms with Crippen molar-refractivity contribution in [3.63, 3.8) is 0 Å². The highest BCUT2D eigenvalue weighted by Gasteiger charge is 2.27. The van der Waals surface area contributed by atoms with E-state index in [2.05, 4.69) is 5.32 Å². The van der Waals surface area contributed by atoms with Gasteiger partial charge >= 0.3 is 0 Å². The second-order valence-electron chi connectivity index (χ2n) is 7.22. The first-order chi connectivity index (χ1) is 14.8. The van der Waals surface area contributed by atoms with E-state index in [0.29, 0.717) is 5.69 Å². The van der Waals surface area contributed by atoms with Gasteiger partial charge in [-0.15, -0.1) is 0 Å². The van der Waals surface area contributed by atoms with Gasteiger partial charge in [0.15, 0.2) is 0 Å². The van der Waals surface area contributed by atoms with Crippen LogP contribution in [0.4, 0.5) is 5.69 Å². The Kier molecular flexibility index (Phi) is 6.97. The van der Waals surface area contributed by atoms with Crippen molar-refractivity contribution in [2.45, 2.75) is 24.8 Å². The maximum atomic E-state index is 13.3. The third-order valence-corrected chi connectivity index (χ3v) is 6.72. The molecule has 0 heterocycles. The maximum Gasteiger partial charge on any atom is 0.264 e. The fourth-order valence-corrected chi connectivity index (χ4v) is 4.58. The summed E-state index contributed by atoms with van der Waals surface area (Å²) >= 11 is 0. The Balaban J connectivity index is 1.84. The number of ether oxygens (including phenoxy) is 1. The molecule has 7 heteroatoms. The molecule has 0 aliphatic rings. The lowest BCUT2D eigenvalue weighted by atomic mass is 10.1. The fourth-order valence-electron chi connectivity index (χ4n) is 3.14. The lowest BCUT2D eigenvalue weighted by Crippen LogP contribution is -2.41. The number of nitrogens with zero attached hydrogens (tertiary/aromatic N) is 1. The molecule has 0 aliphatic carbocycles. The van der Waals surface area contributed by atoms with Gasteiger partial charge < -0.3 is 10.1 Å². The highest BCUT2D eigenvalue weighted by molar-refractivity contribution is 7.92. The predicted octanol–water partition coefficient (Wildman–Crippen LogP) is 4.08. The molecule has 0 radical (unpaired) electrons. The Morgan fingerprint density at radius 2 is 1.58 bits per heavy atom. The Hall–Kier alpha value is -3.32. The fraction of sp³-hybridized carbons (Fsp3) is 0.208. The third kappa shape index (κ3) is 5.44. The molecule has 0 saturated carbocycles. The van der Waals surface area contributed by atoms with Crippen molar-refractivity contribution in [3.05, 3.63) is 90.0 Å². The number of carbonyl (C=O) groups excluding carboxylic acids is 1. The Bertz CT molecular complexity index is 1110. The number of hydrogen-bond donors (Lipinski definition) is 1. The van der Waals surface area contributed by atoms with Crippen LogP contribution in [0.5, 0.6) is 5.75 Å². The average molecular weight is 439 g/mol. The lowest BCUT2D eigenvalue weighted by Gasteiger charge is -2.25. The molecule has 31 heavy (non-hydrogen) atoms. The second kappa shape index (κ2) is 9.66. The quantitative estimate of drug-likeness (QED) is 0.575. The molecule has 3 aromatic carbocycles. The normalized spacial score (nSPS) is 12.1. The molecule has 0 spiro atoms. The van der Waals surface area contributed by atoms with Crippen molar-refractivity contribution in [1.82, 2.24) is 5.32 Å². The minimum atomic E-state index is -3.92. The van der Waals surface area contributed by atoms with E-state index in [1.54, 1.807) is 37.4 Å². The van der Waals surface area contributed by atoms with Crippen molar-refractivity contribution in [3.8, 4) is 5.75 Å². The molecule has 162 valence electrons. The summed E-state index contributed by atoms with van der Waals surface area (Å²) in [6, 6.07) is 22.2. The lowest BCUT2D eigenvalue weighted by molar-refractivity contribution is -0.120. The van der Waals surface area contributed by atoms with Crippen LogP contribution in [0.1, 0.15) is 24.1 Å². The standard InChI is InChI=1S/C24H26N2O4S/c1-18-9-13-21(14-10-18)26(31(28,29)23-7-5-4-6-8-23)17-24(27)25-19(2)20-11-15-22(30-3)16-12-20/h4-16,19H,17H2,1-3H3,(H,25,27)/t19-/m1/s1. The molecule has 1 N–H and O–H groups in total. The van der Waals surface area contributed by atoms with E-state index in [1.165, 1.54) is 12.1 Å². The number of nitrogens with one attached hydrogen (secondary N) is 1. The molecule has 3 rings (SSSR count). The van der Waals surface area contributed by atoms with Gasteiger partial charge in [-0.1, -0.05) is 48.0 Å². The molecule has 1 atom stereocenters. The summed E-state index contributed by atoms with van der Waals surface area (Å²) in [4.78, 5) is 13.0. The zero-order chi connectivity index (χ0) is 22.4. The topological polar surface area (TPSA) is 75.7 Å². The van der Waals surface area contributed by atoms with Gasteiger partial charge in [0.2, 0.25) is 5.91 Å². The van der Waals surface area contributed by atoms with Gasteiger partial charge in [0, 0.05) is 0 Å². The van der Waals surface area contributed by atoms with Gasteiger partial charge in [0.05, 0.1) is 23.7 Å². The summed E-state index contributed by atoms with van der Waals surface area (Å²) in [5, 5.41) is 2.88. The SMILES string of the molecule is COc1ccc([C@@H](C)NC(=O)CN(c2ccc(C)cc2)S(=O)(=O)c2ccccc2)cc1. The smallest absolute Gasteiger partial charge is 0.264 e. The van der Waals surface area contributed by atoms with Crippen LogP contribution >= 0.6 is 0 Å². The third-order valence-electron chi connectivity index (χ3n) is 4.93. The van der Waals surface area contributed by atoms with E-state index in [1.807, 2.05) is 50.2 Å². The van der Waals surface area contributed by atoms with Crippen molar-refractivity contribution in [2.75, 3.05) is 18.0 Å². The number of amides is 1. The number of rotatable bonds is 8. The molecule has 0 aromatic heterocycles. The van der Waals surface area contributed by atoms with E-state index < -0.39 is 15.9 Å². The van der Waals surface area contributed by atoms with Gasteiger partial charge in [-0.3, -0.25) is 9.10 Å². The van der Waals surface area contributed by atoms with Crippen LogP contribution in [0.2, 0.25) is 0 Å². The zero-order valence-electron chi connectivity index (χ0n) is 17.8. The summed E-state index contributed by atoms with van der Waals surface area (Å²) in [6.07, 6.45) is 0. The van der Waals surface area contributed by atoms with Crippen LogP contribution in [0.3, 0.4) is 0 Å². The van der Waals surface area contributed by atoms with E-state index >= 15 is 0 Å². The van der Waals surface area contributed by atoms with E-state index in [-0.39, 0.29) is 17.5 Å². The number of benzene rings is 3. The number of hydrogen-bond acceptors (Lipinski definition) is 4. The van der Waals surface area contributed by atoms with E-state index in [0.717, 1.165) is 21.2 Å². The molecule has 0 saturated heterocycles. The van der Waals surface area contributed by atoms with Crippen molar-refractivity contribution in [2.24, 2.45) is 0 Å². The predicted molar refractivity (Wildman–Crippen MR) is 122 cm³/mol. The highest BCUT2D eigenvalue weighted by atomic mass is 32.2. The molecule has 1 amide bonds. The molecule has 0 aliphatic heterocycles. The molecular weight excluding hydrogens is 412 g/mol. The van der Waals surface area contributed by atoms with Crippen molar-refractivity contribution in [1.29, 1.82) is 0 Å². The summed E-state index contributed by atoms with van der Waals surface area (Å²) < 4.78 is 32.9. The van der Waals surface area contributed by atoms with Gasteiger partial charge in [0.25, 0.3) is 10.0 Å². The Morgan fingerprint density at radius 1 is 0.968 bits per heavy atom. The van der Waals surface area contributed by atoms with Gasteiger partial charge in [-0.2, -0.15) is 0 Å². The van der Waals surface area contributed by atoms with Crippen LogP contribution in [0, 0.1) is 6.92 Å². The summed E-state index contributed by atoms with van der Waals surface area (Å²) in [5.74, 6) is 0.324. The second-order valence-corrected chi connectivity index (χ2v) is 9.08. The monoisotopic (exact) mass is 438 g/mol. The molecular formula is C24H26N2O4S. The molecule has 0 bridgehead atoms. The van der Waals surface area contributed by atoms with Crippen LogP contribution in [-0.4, -0.2) is 28.0 Å². The van der Waals surface area contributed by atoms with Crippen LogP contribution < -0.4 is 14.4 Å². The first-order valence-electron chi connectivity index (χ1n) is 9.89. The largest absolute Gasteiger partial charge is 0.497 e. The Labute approximate surface area is 183 Å². The number of methoxy groups -OCH3 is 1. The van der Waals surface area contributed by atoms with E-state index in [9.17, 15) is 13.2 Å². The Morgan fingerprint density at radius 3 is 2.16 bits per heavy atom. The summed E-state index contributed by atoms with van der Waals surface area (Å²) in [7, 11) is -2.33. The first kappa shape index (κ1) is 22.4. The van der Waals surface area contributed by atoms with Gasteiger partial charge in [-0.25, -0.2) is 8.42 Å². The number of anilines is 1. The molecule has 6 nitrogen and oxygen atoms in total. The summed E-state index contributed by atoms with van der Waals surface area (Å²) in [5.41, 5.74) is 2.32. The van der Waals surface area contributed by atoms with Crippen molar-refractivity contribution >= 4 is 21.6 Å². The first-order valence-corrected chi connectivity index (χ1v) is 11.3. The van der Waals surface area contributed by atoms with Crippen LogP contribution in [0.25, 0.3) is 0 Å². The van der Waals surface area contributed by atoms with Gasteiger partial charge in [0.1, 0.15) is 12.3 Å². The number of aryl methyl sites for hydroxylation is 1. The van der Waals surface area contributed by atoms with Crippen molar-refractivity contribution < 1.29 is 17.9 Å². The number of carbonyl (C=O) groups is 1. The van der Waals surface area contributed by atoms with E-state index in [4.69, 9.17) is 4.74 Å². The minimum Gasteiger partial charge on any atom is -0.497 e. The number of sulfonamides is 1. The molecule has 3 aromatic rings. The van der Waals surface area contributed by atoms with Gasteiger partial charge in [-0.05, 0) is 55.8 Å². The molecule has 0 fully saturated rings. The minimum absolute atomic E-state index is 0.131.